The SMILES string of the molecule is Cc1cc(NC(=O)[C@H](CCNI)NC(=O)[C@@H]2Cc3ccccc3CN2C(=O)CCC(O)c2ccccc2)ccc1Cl. The first-order chi connectivity index (χ1) is 19.8. The summed E-state index contributed by atoms with van der Waals surface area (Å²) in [6.07, 6.45) is 0.232. The van der Waals surface area contributed by atoms with E-state index in [9.17, 15) is 19.5 Å². The van der Waals surface area contributed by atoms with Gasteiger partial charge in [-0.1, -0.05) is 66.2 Å². The number of fused-ring (bicyclic) bond motifs is 1. The molecule has 0 aromatic heterocycles. The fourth-order valence-corrected chi connectivity index (χ4v) is 5.38. The van der Waals surface area contributed by atoms with Crippen LogP contribution in [0.15, 0.2) is 72.8 Å². The van der Waals surface area contributed by atoms with Crippen LogP contribution in [0.5, 0.6) is 0 Å². The summed E-state index contributed by atoms with van der Waals surface area (Å²) in [6, 6.07) is 20.5. The lowest BCUT2D eigenvalue weighted by Crippen LogP contribution is -2.56. The molecule has 0 saturated heterocycles. The van der Waals surface area contributed by atoms with Gasteiger partial charge < -0.3 is 20.6 Å². The van der Waals surface area contributed by atoms with E-state index in [-0.39, 0.29) is 31.2 Å². The Balaban J connectivity index is 1.49. The lowest BCUT2D eigenvalue weighted by Gasteiger charge is -2.37. The Morgan fingerprint density at radius 2 is 1.73 bits per heavy atom. The molecule has 10 heteroatoms. The van der Waals surface area contributed by atoms with Crippen molar-refractivity contribution in [2.45, 2.75) is 57.3 Å². The molecule has 0 spiro atoms. The average molecular weight is 689 g/mol. The Kier molecular flexibility index (Phi) is 11.1. The van der Waals surface area contributed by atoms with Gasteiger partial charge in [-0.3, -0.25) is 17.9 Å². The molecule has 1 heterocycles. The van der Waals surface area contributed by atoms with Crippen LogP contribution in [0.4, 0.5) is 5.69 Å². The Morgan fingerprint density at radius 1 is 1.02 bits per heavy atom. The Hall–Kier alpha value is -2.99. The van der Waals surface area contributed by atoms with E-state index in [2.05, 4.69) is 14.2 Å². The van der Waals surface area contributed by atoms with E-state index < -0.39 is 24.1 Å². The number of halogens is 2. The predicted octanol–water partition coefficient (Wildman–Crippen LogP) is 4.87. The third-order valence-corrected chi connectivity index (χ3v) is 8.24. The second-order valence-corrected chi connectivity index (χ2v) is 11.3. The molecular formula is C31H34ClIN4O4. The first-order valence-corrected chi connectivity index (χ1v) is 15.0. The molecule has 0 bridgehead atoms. The van der Waals surface area contributed by atoms with Gasteiger partial charge in [-0.2, -0.15) is 0 Å². The number of anilines is 1. The molecule has 0 aliphatic carbocycles. The molecule has 1 aliphatic rings. The van der Waals surface area contributed by atoms with E-state index in [1.807, 2.05) is 84.4 Å². The van der Waals surface area contributed by atoms with Gasteiger partial charge in [0, 0.05) is 59.5 Å². The maximum Gasteiger partial charge on any atom is 0.247 e. The summed E-state index contributed by atoms with van der Waals surface area (Å²) in [5, 5.41) is 17.0. The fraction of sp³-hybridized carbons (Fsp3) is 0.323. The number of amides is 3. The molecule has 3 atom stereocenters. The third kappa shape index (κ3) is 8.28. The Labute approximate surface area is 259 Å². The van der Waals surface area contributed by atoms with Crippen LogP contribution in [0.2, 0.25) is 5.02 Å². The number of benzene rings is 3. The number of rotatable bonds is 11. The van der Waals surface area contributed by atoms with Crippen LogP contribution in [-0.4, -0.2) is 46.4 Å². The minimum absolute atomic E-state index is 0.0839. The van der Waals surface area contributed by atoms with Gasteiger partial charge in [-0.05, 0) is 60.2 Å². The maximum atomic E-state index is 13.7. The molecule has 3 amide bonds. The second kappa shape index (κ2) is 14.8. The van der Waals surface area contributed by atoms with E-state index in [0.29, 0.717) is 30.1 Å². The van der Waals surface area contributed by atoms with Crippen LogP contribution in [0.1, 0.15) is 47.6 Å². The number of nitrogens with zero attached hydrogens (tertiary/aromatic N) is 1. The smallest absolute Gasteiger partial charge is 0.247 e. The summed E-state index contributed by atoms with van der Waals surface area (Å²) in [4.78, 5) is 42.1. The van der Waals surface area contributed by atoms with E-state index in [4.69, 9.17) is 11.6 Å². The van der Waals surface area contributed by atoms with Crippen LogP contribution in [0, 0.1) is 6.92 Å². The molecule has 4 N–H and O–H groups in total. The molecule has 0 radical (unpaired) electrons. The quantitative estimate of drug-likeness (QED) is 0.170. The summed E-state index contributed by atoms with van der Waals surface area (Å²) in [6.45, 7) is 2.62. The highest BCUT2D eigenvalue weighted by molar-refractivity contribution is 14.1. The van der Waals surface area contributed by atoms with Crippen LogP contribution in [0.3, 0.4) is 0 Å². The van der Waals surface area contributed by atoms with E-state index in [1.54, 1.807) is 23.1 Å². The Morgan fingerprint density at radius 3 is 2.44 bits per heavy atom. The lowest BCUT2D eigenvalue weighted by molar-refractivity contribution is -0.143. The number of aliphatic hydroxyl groups is 1. The van der Waals surface area contributed by atoms with Crippen molar-refractivity contribution in [2.75, 3.05) is 11.9 Å². The highest BCUT2D eigenvalue weighted by Crippen LogP contribution is 2.26. The van der Waals surface area contributed by atoms with E-state index in [0.717, 1.165) is 22.3 Å². The molecule has 8 nitrogen and oxygen atoms in total. The standard InChI is InChI=1S/C31H34ClIN4O4/c1-20-17-24(11-12-25(20)32)35-30(40)26(15-16-34-33)36-31(41)27-18-22-9-5-6-10-23(22)19-37(27)29(39)14-13-28(38)21-7-3-2-4-8-21/h2-12,17,26-28,34,38H,13-16,18-19H2,1H3,(H,35,40)(H,36,41)/t26-,27-,28?/m0/s1. The zero-order valence-corrected chi connectivity index (χ0v) is 25.7. The fourth-order valence-electron chi connectivity index (χ4n) is 4.95. The number of carbonyl (C=O) groups is 3. The lowest BCUT2D eigenvalue weighted by atomic mass is 9.92. The molecule has 3 aromatic rings. The van der Waals surface area contributed by atoms with Crippen LogP contribution >= 0.6 is 34.5 Å². The molecular weight excluding hydrogens is 655 g/mol. The number of aliphatic hydroxyl groups excluding tert-OH is 1. The van der Waals surface area contributed by atoms with Gasteiger partial charge in [0.05, 0.1) is 6.10 Å². The van der Waals surface area contributed by atoms with E-state index >= 15 is 0 Å². The largest absolute Gasteiger partial charge is 0.388 e. The van der Waals surface area contributed by atoms with Gasteiger partial charge in [0.25, 0.3) is 0 Å². The number of nitrogens with one attached hydrogen (secondary N) is 3. The Bertz CT molecular complexity index is 1370. The zero-order chi connectivity index (χ0) is 29.4. The van der Waals surface area contributed by atoms with Crippen molar-refractivity contribution in [1.82, 2.24) is 13.7 Å². The summed E-state index contributed by atoms with van der Waals surface area (Å²) in [7, 11) is 0. The van der Waals surface area contributed by atoms with Gasteiger partial charge in [0.1, 0.15) is 12.1 Å². The monoisotopic (exact) mass is 688 g/mol. The predicted molar refractivity (Wildman–Crippen MR) is 169 cm³/mol. The molecule has 0 saturated carbocycles. The maximum absolute atomic E-state index is 13.7. The normalized spacial score (nSPS) is 15.9. The van der Waals surface area contributed by atoms with Crippen LogP contribution < -0.4 is 14.2 Å². The van der Waals surface area contributed by atoms with Gasteiger partial charge in [-0.25, -0.2) is 0 Å². The average Bonchev–Trinajstić information content (AvgIpc) is 2.99. The number of carbonyl (C=O) groups excluding carboxylic acids is 3. The zero-order valence-electron chi connectivity index (χ0n) is 22.8. The topological polar surface area (TPSA) is 111 Å². The van der Waals surface area contributed by atoms with E-state index in [1.165, 1.54) is 0 Å². The molecule has 0 fully saturated rings. The minimum Gasteiger partial charge on any atom is -0.388 e. The first-order valence-electron chi connectivity index (χ1n) is 13.6. The first kappa shape index (κ1) is 31.0. The van der Waals surface area contributed by atoms with Gasteiger partial charge in [0.15, 0.2) is 0 Å². The van der Waals surface area contributed by atoms with Gasteiger partial charge in [-0.15, -0.1) is 0 Å². The molecule has 1 unspecified atom stereocenters. The molecule has 216 valence electrons. The summed E-state index contributed by atoms with van der Waals surface area (Å²) < 4.78 is 3.00. The molecule has 3 aromatic carbocycles. The van der Waals surface area contributed by atoms with Crippen LogP contribution in [-0.2, 0) is 27.3 Å². The van der Waals surface area contributed by atoms with Crippen molar-refractivity contribution in [3.63, 3.8) is 0 Å². The van der Waals surface area contributed by atoms with Crippen molar-refractivity contribution in [3.05, 3.63) is 100 Å². The third-order valence-electron chi connectivity index (χ3n) is 7.27. The minimum atomic E-state index is -0.824. The highest BCUT2D eigenvalue weighted by atomic mass is 127. The molecule has 41 heavy (non-hydrogen) atoms. The molecule has 4 rings (SSSR count). The second-order valence-electron chi connectivity index (χ2n) is 10.2. The summed E-state index contributed by atoms with van der Waals surface area (Å²) in [5.74, 6) is -0.967. The van der Waals surface area contributed by atoms with Crippen molar-refractivity contribution >= 4 is 57.9 Å². The number of aryl methyl sites for hydroxylation is 1. The van der Waals surface area contributed by atoms with Crippen molar-refractivity contribution in [2.24, 2.45) is 0 Å². The van der Waals surface area contributed by atoms with Crippen molar-refractivity contribution in [1.29, 1.82) is 0 Å². The molecule has 1 aliphatic heterocycles. The summed E-state index contributed by atoms with van der Waals surface area (Å²) >= 11 is 8.13. The van der Waals surface area contributed by atoms with Crippen molar-refractivity contribution in [3.8, 4) is 0 Å². The van der Waals surface area contributed by atoms with Crippen LogP contribution in [0.25, 0.3) is 0 Å². The number of hydrogen-bond donors (Lipinski definition) is 4. The number of hydrogen-bond acceptors (Lipinski definition) is 5. The van der Waals surface area contributed by atoms with Gasteiger partial charge >= 0.3 is 0 Å². The van der Waals surface area contributed by atoms with Gasteiger partial charge in [0.2, 0.25) is 17.7 Å². The summed E-state index contributed by atoms with van der Waals surface area (Å²) in [5.41, 5.74) is 4.13. The van der Waals surface area contributed by atoms with Crippen molar-refractivity contribution < 1.29 is 19.5 Å². The highest BCUT2D eigenvalue weighted by Gasteiger charge is 2.36.